The van der Waals surface area contributed by atoms with Crippen LogP contribution in [0.3, 0.4) is 0 Å². The minimum Gasteiger partial charge on any atom is -0.454 e. The number of nitrogens with two attached hydrogens (primary N) is 1. The van der Waals surface area contributed by atoms with Gasteiger partial charge in [0.2, 0.25) is 6.79 Å². The second-order valence-corrected chi connectivity index (χ2v) is 3.54. The van der Waals surface area contributed by atoms with Crippen molar-refractivity contribution in [2.45, 2.75) is 12.2 Å². The number of fused-ring (bicyclic) bond motifs is 1. The van der Waals surface area contributed by atoms with E-state index in [1.165, 1.54) is 0 Å². The monoisotopic (exact) mass is 300 g/mol. The summed E-state index contributed by atoms with van der Waals surface area (Å²) in [5, 5.41) is 10.7. The number of halogens is 4. The minimum atomic E-state index is -4.78. The van der Waals surface area contributed by atoms with Crippen LogP contribution >= 0.6 is 12.4 Å². The van der Waals surface area contributed by atoms with Crippen LogP contribution in [-0.2, 0) is 0 Å². The fourth-order valence-electron chi connectivity index (χ4n) is 1.53. The van der Waals surface area contributed by atoms with Gasteiger partial charge in [0.1, 0.15) is 6.04 Å². The Labute approximate surface area is 110 Å². The molecule has 1 atom stereocenters. The van der Waals surface area contributed by atoms with Crippen LogP contribution in [0.4, 0.5) is 18.9 Å². The Kier molecular flexibility index (Phi) is 4.11. The zero-order valence-corrected chi connectivity index (χ0v) is 9.96. The van der Waals surface area contributed by atoms with Gasteiger partial charge in [0.05, 0.1) is 16.6 Å². The number of alkyl halides is 3. The lowest BCUT2D eigenvalue weighted by molar-refractivity contribution is -0.386. The molecule has 10 heteroatoms. The molecule has 0 unspecified atom stereocenters. The van der Waals surface area contributed by atoms with E-state index in [0.29, 0.717) is 0 Å². The van der Waals surface area contributed by atoms with Crippen molar-refractivity contribution < 1.29 is 27.6 Å². The zero-order chi connectivity index (χ0) is 13.5. The van der Waals surface area contributed by atoms with Crippen molar-refractivity contribution in [2.24, 2.45) is 5.73 Å². The first-order chi connectivity index (χ1) is 8.30. The number of nitro benzene ring substituents is 1. The first kappa shape index (κ1) is 15.3. The summed E-state index contributed by atoms with van der Waals surface area (Å²) < 4.78 is 47.3. The van der Waals surface area contributed by atoms with Crippen LogP contribution in [0.2, 0.25) is 0 Å². The van der Waals surface area contributed by atoms with E-state index in [1.54, 1.807) is 0 Å². The van der Waals surface area contributed by atoms with E-state index in [1.807, 2.05) is 0 Å². The number of rotatable bonds is 2. The van der Waals surface area contributed by atoms with Gasteiger partial charge in [-0.15, -0.1) is 12.4 Å². The van der Waals surface area contributed by atoms with Crippen LogP contribution in [0.1, 0.15) is 11.6 Å². The number of benzene rings is 1. The summed E-state index contributed by atoms with van der Waals surface area (Å²) in [4.78, 5) is 9.80. The predicted octanol–water partition coefficient (Wildman–Crippen LogP) is 2.31. The Morgan fingerprint density at radius 3 is 2.32 bits per heavy atom. The Hall–Kier alpha value is -1.74. The van der Waals surface area contributed by atoms with Gasteiger partial charge in [0.25, 0.3) is 5.69 Å². The highest BCUT2D eigenvalue weighted by atomic mass is 35.5. The lowest BCUT2D eigenvalue weighted by Gasteiger charge is -2.16. The Morgan fingerprint density at radius 1 is 1.32 bits per heavy atom. The molecule has 0 spiro atoms. The third kappa shape index (κ3) is 2.82. The smallest absolute Gasteiger partial charge is 0.407 e. The van der Waals surface area contributed by atoms with E-state index < -0.39 is 28.4 Å². The molecule has 0 aliphatic carbocycles. The molecule has 1 aliphatic rings. The van der Waals surface area contributed by atoms with Crippen molar-refractivity contribution in [2.75, 3.05) is 6.79 Å². The largest absolute Gasteiger partial charge is 0.454 e. The Bertz CT molecular complexity index is 509. The number of hydrogen-bond acceptors (Lipinski definition) is 5. The lowest BCUT2D eigenvalue weighted by Crippen LogP contribution is -2.29. The average molecular weight is 301 g/mol. The van der Waals surface area contributed by atoms with Gasteiger partial charge in [-0.1, -0.05) is 0 Å². The fraction of sp³-hybridized carbons (Fsp3) is 0.333. The molecule has 0 saturated heterocycles. The molecule has 106 valence electrons. The number of nitro groups is 1. The van der Waals surface area contributed by atoms with E-state index in [4.69, 9.17) is 15.2 Å². The van der Waals surface area contributed by atoms with Crippen LogP contribution in [0.25, 0.3) is 0 Å². The van der Waals surface area contributed by atoms with E-state index >= 15 is 0 Å². The van der Waals surface area contributed by atoms with Crippen molar-refractivity contribution in [1.82, 2.24) is 0 Å². The van der Waals surface area contributed by atoms with Gasteiger partial charge in [-0.25, -0.2) is 0 Å². The van der Waals surface area contributed by atoms with Gasteiger partial charge >= 0.3 is 6.18 Å². The fourth-order valence-corrected chi connectivity index (χ4v) is 1.53. The van der Waals surface area contributed by atoms with Crippen LogP contribution in [0.5, 0.6) is 11.5 Å². The summed E-state index contributed by atoms with van der Waals surface area (Å²) in [6.07, 6.45) is -4.78. The maximum absolute atomic E-state index is 12.5. The van der Waals surface area contributed by atoms with Gasteiger partial charge < -0.3 is 15.2 Å². The van der Waals surface area contributed by atoms with Crippen LogP contribution < -0.4 is 15.2 Å². The van der Waals surface area contributed by atoms with Crippen molar-refractivity contribution in [1.29, 1.82) is 0 Å². The molecule has 19 heavy (non-hydrogen) atoms. The zero-order valence-electron chi connectivity index (χ0n) is 9.14. The number of hydrogen-bond donors (Lipinski definition) is 1. The maximum Gasteiger partial charge on any atom is 0.407 e. The Morgan fingerprint density at radius 2 is 1.84 bits per heavy atom. The predicted molar refractivity (Wildman–Crippen MR) is 59.5 cm³/mol. The molecule has 0 fully saturated rings. The van der Waals surface area contributed by atoms with Crippen molar-refractivity contribution in [3.05, 3.63) is 27.8 Å². The topological polar surface area (TPSA) is 87.6 Å². The highest BCUT2D eigenvalue weighted by Gasteiger charge is 2.42. The van der Waals surface area contributed by atoms with Crippen molar-refractivity contribution in [3.8, 4) is 11.5 Å². The molecule has 1 aromatic rings. The van der Waals surface area contributed by atoms with E-state index in [9.17, 15) is 23.3 Å². The average Bonchev–Trinajstić information content (AvgIpc) is 2.71. The third-order valence-electron chi connectivity index (χ3n) is 2.41. The quantitative estimate of drug-likeness (QED) is 0.669. The molecule has 6 nitrogen and oxygen atoms in total. The third-order valence-corrected chi connectivity index (χ3v) is 2.41. The summed E-state index contributed by atoms with van der Waals surface area (Å²) in [5.74, 6) is 0.0372. The van der Waals surface area contributed by atoms with E-state index in [-0.39, 0.29) is 30.7 Å². The normalized spacial score (nSPS) is 14.7. The van der Waals surface area contributed by atoms with Crippen LogP contribution in [0.15, 0.2) is 12.1 Å². The van der Waals surface area contributed by atoms with Crippen molar-refractivity contribution in [3.63, 3.8) is 0 Å². The second-order valence-electron chi connectivity index (χ2n) is 3.54. The van der Waals surface area contributed by atoms with Gasteiger partial charge in [0.15, 0.2) is 11.5 Å². The summed E-state index contributed by atoms with van der Waals surface area (Å²) in [5.41, 5.74) is 3.58. The molecule has 0 bridgehead atoms. The molecule has 1 heterocycles. The van der Waals surface area contributed by atoms with Gasteiger partial charge in [-0.05, 0) is 6.07 Å². The molecule has 2 N–H and O–H groups in total. The highest BCUT2D eigenvalue weighted by molar-refractivity contribution is 5.85. The van der Waals surface area contributed by atoms with Gasteiger partial charge in [-0.2, -0.15) is 13.2 Å². The second kappa shape index (κ2) is 5.10. The summed E-state index contributed by atoms with van der Waals surface area (Å²) in [7, 11) is 0. The summed E-state index contributed by atoms with van der Waals surface area (Å²) in [6, 6.07) is -0.686. The number of nitrogens with zero attached hydrogens (tertiary/aromatic N) is 1. The molecule has 0 aromatic heterocycles. The summed E-state index contributed by atoms with van der Waals surface area (Å²) in [6.45, 7) is -0.197. The molecule has 2 rings (SSSR count). The van der Waals surface area contributed by atoms with E-state index in [2.05, 4.69) is 0 Å². The molecule has 0 radical (unpaired) electrons. The molecule has 1 aromatic carbocycles. The molecule has 0 amide bonds. The van der Waals surface area contributed by atoms with Crippen molar-refractivity contribution >= 4 is 18.1 Å². The first-order valence-electron chi connectivity index (χ1n) is 4.71. The SMILES string of the molecule is Cl.N[C@H](c1cc2c(cc1[N+](=O)[O-])OCO2)C(F)(F)F. The van der Waals surface area contributed by atoms with Crippen LogP contribution in [0, 0.1) is 10.1 Å². The van der Waals surface area contributed by atoms with E-state index in [0.717, 1.165) is 12.1 Å². The lowest BCUT2D eigenvalue weighted by atomic mass is 10.0. The first-order valence-corrected chi connectivity index (χ1v) is 4.71. The highest BCUT2D eigenvalue weighted by Crippen LogP contribution is 2.43. The molecular formula is C9H8ClF3N2O4. The van der Waals surface area contributed by atoms with Gasteiger partial charge in [0, 0.05) is 0 Å². The van der Waals surface area contributed by atoms with Crippen LogP contribution in [-0.4, -0.2) is 17.9 Å². The maximum atomic E-state index is 12.5. The molecule has 0 saturated carbocycles. The van der Waals surface area contributed by atoms with Gasteiger partial charge in [-0.3, -0.25) is 10.1 Å². The minimum absolute atomic E-state index is 0. The molecular weight excluding hydrogens is 293 g/mol. The Balaban J connectivity index is 0.00000180. The summed E-state index contributed by atoms with van der Waals surface area (Å²) >= 11 is 0. The molecule has 1 aliphatic heterocycles. The standard InChI is InChI=1S/C9H7F3N2O4.ClH/c10-9(11,12)8(13)4-1-6-7(18-3-17-6)2-5(4)14(15)16;/h1-2,8H,3,13H2;1H/t8-;/m1./s1. The number of ether oxygens (including phenoxy) is 2.